The van der Waals surface area contributed by atoms with Gasteiger partial charge in [-0.3, -0.25) is 4.79 Å². The zero-order chi connectivity index (χ0) is 15.0. The molecule has 1 amide bonds. The molecule has 112 valence electrons. The van der Waals surface area contributed by atoms with Crippen LogP contribution in [0.15, 0.2) is 17.7 Å². The number of benzene rings is 1. The summed E-state index contributed by atoms with van der Waals surface area (Å²) in [6.07, 6.45) is 3.10. The smallest absolute Gasteiger partial charge is 0.249 e. The van der Waals surface area contributed by atoms with Crippen LogP contribution in [0.4, 0.5) is 5.69 Å². The Bertz CT molecular complexity index is 613. The number of primary amides is 1. The van der Waals surface area contributed by atoms with Gasteiger partial charge in [-0.15, -0.1) is 0 Å². The molecule has 1 aliphatic carbocycles. The number of fused-ring (bicyclic) bond motifs is 1. The van der Waals surface area contributed by atoms with Crippen LogP contribution in [0.2, 0.25) is 0 Å². The first-order valence-corrected chi connectivity index (χ1v) is 7.67. The van der Waals surface area contributed by atoms with Crippen molar-refractivity contribution < 1.29 is 4.79 Å². The third-order valence-corrected chi connectivity index (χ3v) is 4.73. The van der Waals surface area contributed by atoms with Crippen LogP contribution < -0.4 is 16.4 Å². The van der Waals surface area contributed by atoms with Crippen LogP contribution in [0.1, 0.15) is 48.2 Å². The minimum atomic E-state index is -0.331. The van der Waals surface area contributed by atoms with Crippen molar-refractivity contribution in [3.05, 3.63) is 34.4 Å². The summed E-state index contributed by atoms with van der Waals surface area (Å²) in [4.78, 5) is 11.7. The Kier molecular flexibility index (Phi) is 3.72. The molecule has 4 N–H and O–H groups in total. The van der Waals surface area contributed by atoms with Crippen molar-refractivity contribution in [2.45, 2.75) is 39.2 Å². The topological polar surface area (TPSA) is 67.2 Å². The van der Waals surface area contributed by atoms with E-state index in [1.54, 1.807) is 0 Å². The number of anilines is 1. The van der Waals surface area contributed by atoms with Crippen LogP contribution in [0, 0.1) is 0 Å². The van der Waals surface area contributed by atoms with E-state index >= 15 is 0 Å². The molecule has 3 rings (SSSR count). The van der Waals surface area contributed by atoms with Gasteiger partial charge in [0.15, 0.2) is 0 Å². The first-order valence-electron chi connectivity index (χ1n) is 7.67. The summed E-state index contributed by atoms with van der Waals surface area (Å²) in [5.41, 5.74) is 12.2. The molecule has 0 saturated carbocycles. The van der Waals surface area contributed by atoms with Gasteiger partial charge in [-0.1, -0.05) is 5.57 Å². The minimum absolute atomic E-state index is 0.331. The van der Waals surface area contributed by atoms with Gasteiger partial charge in [-0.2, -0.15) is 0 Å². The average molecular weight is 285 g/mol. The number of allylic oxidation sites excluding steroid dienone is 2. The summed E-state index contributed by atoms with van der Waals surface area (Å²) in [6.45, 7) is 6.40. The number of carbonyl (C=O) groups is 1. The van der Waals surface area contributed by atoms with Crippen LogP contribution >= 0.6 is 0 Å². The number of nitrogens with two attached hydrogens (primary N) is 1. The molecule has 0 radical (unpaired) electrons. The molecule has 0 atom stereocenters. The lowest BCUT2D eigenvalue weighted by molar-refractivity contribution is 0.0999. The van der Waals surface area contributed by atoms with E-state index in [2.05, 4.69) is 24.5 Å². The van der Waals surface area contributed by atoms with Crippen molar-refractivity contribution in [2.75, 3.05) is 18.4 Å². The largest absolute Gasteiger partial charge is 0.382 e. The predicted molar refractivity (Wildman–Crippen MR) is 86.4 cm³/mol. The van der Waals surface area contributed by atoms with Crippen LogP contribution in [-0.4, -0.2) is 25.0 Å². The molecule has 0 aromatic heterocycles. The number of amides is 1. The summed E-state index contributed by atoms with van der Waals surface area (Å²) in [7, 11) is 0. The molecule has 1 fully saturated rings. The van der Waals surface area contributed by atoms with Gasteiger partial charge in [-0.05, 0) is 69.5 Å². The molecule has 0 spiro atoms. The molecule has 1 saturated heterocycles. The van der Waals surface area contributed by atoms with Crippen molar-refractivity contribution >= 4 is 17.2 Å². The van der Waals surface area contributed by atoms with Gasteiger partial charge in [-0.25, -0.2) is 0 Å². The van der Waals surface area contributed by atoms with Gasteiger partial charge in [0.1, 0.15) is 0 Å². The SMILES string of the molecule is CC1=C(C)c2c(NC3CCNCC3)ccc(C(N)=O)c2C1. The summed E-state index contributed by atoms with van der Waals surface area (Å²) >= 11 is 0. The fourth-order valence-electron chi connectivity index (χ4n) is 3.41. The maximum atomic E-state index is 11.7. The quantitative estimate of drug-likeness (QED) is 0.798. The molecule has 1 aromatic carbocycles. The summed E-state index contributed by atoms with van der Waals surface area (Å²) < 4.78 is 0. The average Bonchev–Trinajstić information content (AvgIpc) is 2.76. The molecule has 21 heavy (non-hydrogen) atoms. The van der Waals surface area contributed by atoms with E-state index in [1.807, 2.05) is 12.1 Å². The van der Waals surface area contributed by atoms with Gasteiger partial charge in [0, 0.05) is 22.9 Å². The van der Waals surface area contributed by atoms with E-state index in [4.69, 9.17) is 5.73 Å². The van der Waals surface area contributed by atoms with E-state index in [1.165, 1.54) is 16.7 Å². The number of carbonyl (C=O) groups excluding carboxylic acids is 1. The van der Waals surface area contributed by atoms with Crippen molar-refractivity contribution in [3.63, 3.8) is 0 Å². The first kappa shape index (κ1) is 14.1. The highest BCUT2D eigenvalue weighted by Crippen LogP contribution is 2.39. The second-order valence-electron chi connectivity index (χ2n) is 6.13. The van der Waals surface area contributed by atoms with Gasteiger partial charge in [0.05, 0.1) is 0 Å². The maximum Gasteiger partial charge on any atom is 0.249 e. The monoisotopic (exact) mass is 285 g/mol. The molecule has 4 heteroatoms. The van der Waals surface area contributed by atoms with Crippen LogP contribution in [0.5, 0.6) is 0 Å². The van der Waals surface area contributed by atoms with E-state index in [0.717, 1.165) is 43.6 Å². The highest BCUT2D eigenvalue weighted by molar-refractivity contribution is 5.99. The number of piperidine rings is 1. The number of hydrogen-bond acceptors (Lipinski definition) is 3. The first-order chi connectivity index (χ1) is 10.1. The molecule has 1 aliphatic heterocycles. The Morgan fingerprint density at radius 2 is 2.00 bits per heavy atom. The molecule has 1 heterocycles. The Balaban J connectivity index is 1.98. The second kappa shape index (κ2) is 5.53. The number of rotatable bonds is 3. The lowest BCUT2D eigenvalue weighted by Gasteiger charge is -2.26. The van der Waals surface area contributed by atoms with Crippen molar-refractivity contribution in [1.82, 2.24) is 5.32 Å². The Morgan fingerprint density at radius 1 is 1.29 bits per heavy atom. The van der Waals surface area contributed by atoms with Crippen molar-refractivity contribution in [3.8, 4) is 0 Å². The van der Waals surface area contributed by atoms with E-state index in [0.29, 0.717) is 11.6 Å². The lowest BCUT2D eigenvalue weighted by atomic mass is 9.97. The highest BCUT2D eigenvalue weighted by atomic mass is 16.1. The Labute approximate surface area is 125 Å². The van der Waals surface area contributed by atoms with Crippen LogP contribution in [0.3, 0.4) is 0 Å². The van der Waals surface area contributed by atoms with Crippen LogP contribution in [0.25, 0.3) is 5.57 Å². The molecule has 1 aromatic rings. The highest BCUT2D eigenvalue weighted by Gasteiger charge is 2.25. The second-order valence-corrected chi connectivity index (χ2v) is 6.13. The van der Waals surface area contributed by atoms with E-state index < -0.39 is 0 Å². The third-order valence-electron chi connectivity index (χ3n) is 4.73. The zero-order valence-corrected chi connectivity index (χ0v) is 12.8. The fraction of sp³-hybridized carbons (Fsp3) is 0.471. The number of hydrogen-bond donors (Lipinski definition) is 3. The molecule has 0 bridgehead atoms. The van der Waals surface area contributed by atoms with Gasteiger partial charge in [0.25, 0.3) is 0 Å². The van der Waals surface area contributed by atoms with E-state index in [-0.39, 0.29) is 5.91 Å². The van der Waals surface area contributed by atoms with Gasteiger partial charge < -0.3 is 16.4 Å². The molecular formula is C17H23N3O. The van der Waals surface area contributed by atoms with Crippen molar-refractivity contribution in [2.24, 2.45) is 5.73 Å². The third kappa shape index (κ3) is 2.56. The fourth-order valence-corrected chi connectivity index (χ4v) is 3.41. The Morgan fingerprint density at radius 3 is 2.67 bits per heavy atom. The van der Waals surface area contributed by atoms with E-state index in [9.17, 15) is 4.79 Å². The standard InChI is InChI=1S/C17H23N3O/c1-10-9-14-13(17(18)21)3-4-15(16(14)11(10)2)20-12-5-7-19-8-6-12/h3-4,12,19-20H,5-9H2,1-2H3,(H2,18,21). The van der Waals surface area contributed by atoms with Gasteiger partial charge in [0.2, 0.25) is 5.91 Å². The molecule has 2 aliphatic rings. The lowest BCUT2D eigenvalue weighted by Crippen LogP contribution is -2.35. The van der Waals surface area contributed by atoms with Crippen molar-refractivity contribution in [1.29, 1.82) is 0 Å². The van der Waals surface area contributed by atoms with Gasteiger partial charge >= 0.3 is 0 Å². The summed E-state index contributed by atoms with van der Waals surface area (Å²) in [5.74, 6) is -0.331. The summed E-state index contributed by atoms with van der Waals surface area (Å²) in [5, 5.41) is 7.05. The van der Waals surface area contributed by atoms with Crippen LogP contribution in [-0.2, 0) is 6.42 Å². The molecule has 0 unspecified atom stereocenters. The number of nitrogens with one attached hydrogen (secondary N) is 2. The normalized spacial score (nSPS) is 18.8. The molecular weight excluding hydrogens is 262 g/mol. The Hall–Kier alpha value is -1.81. The summed E-state index contributed by atoms with van der Waals surface area (Å²) in [6, 6.07) is 4.39. The molecule has 4 nitrogen and oxygen atoms in total. The maximum absolute atomic E-state index is 11.7. The zero-order valence-electron chi connectivity index (χ0n) is 12.8. The predicted octanol–water partition coefficient (Wildman–Crippen LogP) is 2.30. The minimum Gasteiger partial charge on any atom is -0.382 e.